The average Bonchev–Trinajstić information content (AvgIpc) is 2.87. The molecule has 10 heteroatoms. The van der Waals surface area contributed by atoms with Crippen LogP contribution in [0.3, 0.4) is 0 Å². The van der Waals surface area contributed by atoms with E-state index in [1.807, 2.05) is 0 Å². The number of carbonyl (C=O) groups excluding carboxylic acids is 2. The quantitative estimate of drug-likeness (QED) is 0.165. The SMILES string of the molecule is COc1cc(N)c(Cl)cc1C(=O)NC1CCN(CC(C)CCCC(=O)NCCCCCCCC(=O)O)CC1. The van der Waals surface area contributed by atoms with E-state index in [-0.39, 0.29) is 24.3 Å². The van der Waals surface area contributed by atoms with Gasteiger partial charge in [-0.3, -0.25) is 14.4 Å². The number of carboxylic acids is 1. The number of nitrogens with zero attached hydrogens (tertiary/aromatic N) is 1. The van der Waals surface area contributed by atoms with Crippen LogP contribution in [0.5, 0.6) is 5.75 Å². The van der Waals surface area contributed by atoms with Crippen molar-refractivity contribution >= 4 is 35.1 Å². The number of carbonyl (C=O) groups is 3. The molecule has 1 saturated heterocycles. The number of piperidine rings is 1. The Morgan fingerprint density at radius 1 is 1.11 bits per heavy atom. The highest BCUT2D eigenvalue weighted by molar-refractivity contribution is 6.33. The highest BCUT2D eigenvalue weighted by Gasteiger charge is 2.24. The Morgan fingerprint density at radius 2 is 1.79 bits per heavy atom. The van der Waals surface area contributed by atoms with Crippen molar-refractivity contribution in [3.8, 4) is 5.75 Å². The number of hydrogen-bond donors (Lipinski definition) is 4. The van der Waals surface area contributed by atoms with Gasteiger partial charge in [-0.15, -0.1) is 0 Å². The van der Waals surface area contributed by atoms with Crippen LogP contribution in [0.2, 0.25) is 5.02 Å². The molecule has 1 aromatic rings. The summed E-state index contributed by atoms with van der Waals surface area (Å²) in [5.74, 6) is 0.0825. The normalized spacial score (nSPS) is 15.1. The number of nitrogen functional groups attached to an aromatic ring is 1. The van der Waals surface area contributed by atoms with Gasteiger partial charge >= 0.3 is 5.97 Å². The van der Waals surface area contributed by atoms with Crippen molar-refractivity contribution in [3.05, 3.63) is 22.7 Å². The minimum Gasteiger partial charge on any atom is -0.496 e. The summed E-state index contributed by atoms with van der Waals surface area (Å²) in [5.41, 5.74) is 6.58. The molecular formula is C28H45ClN4O5. The summed E-state index contributed by atoms with van der Waals surface area (Å²) in [6.45, 7) is 5.76. The van der Waals surface area contributed by atoms with E-state index in [1.165, 1.54) is 7.11 Å². The van der Waals surface area contributed by atoms with Crippen LogP contribution in [0.25, 0.3) is 0 Å². The smallest absolute Gasteiger partial charge is 0.303 e. The molecule has 5 N–H and O–H groups in total. The van der Waals surface area contributed by atoms with Crippen molar-refractivity contribution in [2.24, 2.45) is 5.92 Å². The molecule has 0 radical (unpaired) electrons. The number of likely N-dealkylation sites (tertiary alicyclic amines) is 1. The topological polar surface area (TPSA) is 134 Å². The Morgan fingerprint density at radius 3 is 2.47 bits per heavy atom. The monoisotopic (exact) mass is 552 g/mol. The Kier molecular flexibility index (Phi) is 14.3. The maximum Gasteiger partial charge on any atom is 0.303 e. The van der Waals surface area contributed by atoms with E-state index in [0.717, 1.165) is 77.4 Å². The lowest BCUT2D eigenvalue weighted by atomic mass is 9.99. The zero-order valence-electron chi connectivity index (χ0n) is 22.9. The summed E-state index contributed by atoms with van der Waals surface area (Å²) in [6, 6.07) is 3.22. The lowest BCUT2D eigenvalue weighted by Crippen LogP contribution is -2.45. The number of halogens is 1. The summed E-state index contributed by atoms with van der Waals surface area (Å²) in [6.07, 6.45) is 9.05. The zero-order chi connectivity index (χ0) is 27.9. The Hall–Kier alpha value is -2.52. The molecule has 0 bridgehead atoms. The van der Waals surface area contributed by atoms with Gasteiger partial charge in [0.15, 0.2) is 0 Å². The number of benzene rings is 1. The number of anilines is 1. The van der Waals surface area contributed by atoms with Gasteiger partial charge in [0.05, 0.1) is 23.4 Å². The lowest BCUT2D eigenvalue weighted by Gasteiger charge is -2.34. The van der Waals surface area contributed by atoms with Gasteiger partial charge in [0.1, 0.15) is 5.75 Å². The highest BCUT2D eigenvalue weighted by Crippen LogP contribution is 2.29. The predicted octanol–water partition coefficient (Wildman–Crippen LogP) is 4.47. The van der Waals surface area contributed by atoms with E-state index < -0.39 is 5.97 Å². The molecule has 38 heavy (non-hydrogen) atoms. The van der Waals surface area contributed by atoms with Crippen LogP contribution in [0.15, 0.2) is 12.1 Å². The molecular weight excluding hydrogens is 508 g/mol. The fraction of sp³-hybridized carbons (Fsp3) is 0.679. The third kappa shape index (κ3) is 11.9. The van der Waals surface area contributed by atoms with Crippen LogP contribution in [0.4, 0.5) is 5.69 Å². The van der Waals surface area contributed by atoms with Crippen molar-refractivity contribution in [1.82, 2.24) is 15.5 Å². The van der Waals surface area contributed by atoms with E-state index >= 15 is 0 Å². The standard InChI is InChI=1S/C28H45ClN4O5/c1-20(9-8-10-26(34)31-14-7-5-3-4-6-11-27(35)36)19-33-15-12-21(13-16-33)32-28(37)22-17-23(29)24(30)18-25(22)38-2/h17-18,20-21H,3-16,19,30H2,1-2H3,(H,31,34)(H,32,37)(H,35,36). The first-order valence-electron chi connectivity index (χ1n) is 13.8. The molecule has 1 aliphatic rings. The maximum atomic E-state index is 12.8. The Labute approximate surface area is 231 Å². The van der Waals surface area contributed by atoms with Gasteiger partial charge in [-0.1, -0.05) is 37.8 Å². The van der Waals surface area contributed by atoms with E-state index in [9.17, 15) is 14.4 Å². The third-order valence-corrected chi connectivity index (χ3v) is 7.37. The molecule has 0 aromatic heterocycles. The van der Waals surface area contributed by atoms with Gasteiger partial charge in [-0.2, -0.15) is 0 Å². The van der Waals surface area contributed by atoms with Crippen molar-refractivity contribution in [1.29, 1.82) is 0 Å². The van der Waals surface area contributed by atoms with E-state index in [2.05, 4.69) is 22.5 Å². The summed E-state index contributed by atoms with van der Waals surface area (Å²) in [7, 11) is 1.50. The number of nitrogens with one attached hydrogen (secondary N) is 2. The molecule has 0 aliphatic carbocycles. The van der Waals surface area contributed by atoms with Crippen molar-refractivity contribution in [2.75, 3.05) is 39.0 Å². The average molecular weight is 553 g/mol. The fourth-order valence-electron chi connectivity index (χ4n) is 4.83. The zero-order valence-corrected chi connectivity index (χ0v) is 23.7. The number of ether oxygens (including phenoxy) is 1. The minimum absolute atomic E-state index is 0.100. The first-order valence-corrected chi connectivity index (χ1v) is 14.2. The van der Waals surface area contributed by atoms with Crippen molar-refractivity contribution in [2.45, 2.75) is 83.6 Å². The molecule has 2 rings (SSSR count). The number of rotatable bonds is 17. The van der Waals surface area contributed by atoms with Gasteiger partial charge in [-0.25, -0.2) is 0 Å². The summed E-state index contributed by atoms with van der Waals surface area (Å²) in [5, 5.41) is 15.1. The van der Waals surface area contributed by atoms with E-state index in [1.54, 1.807) is 12.1 Å². The number of hydrogen-bond acceptors (Lipinski definition) is 6. The number of amides is 2. The second kappa shape index (κ2) is 17.1. The van der Waals surface area contributed by atoms with Crippen molar-refractivity contribution in [3.63, 3.8) is 0 Å². The molecule has 1 aliphatic heterocycles. The fourth-order valence-corrected chi connectivity index (χ4v) is 4.99. The van der Waals surface area contributed by atoms with Crippen LogP contribution in [-0.2, 0) is 9.59 Å². The molecule has 0 saturated carbocycles. The van der Waals surface area contributed by atoms with Gasteiger partial charge in [0, 0.05) is 51.1 Å². The molecule has 1 fully saturated rings. The molecule has 1 atom stereocenters. The van der Waals surface area contributed by atoms with Crippen LogP contribution in [0.1, 0.15) is 87.9 Å². The van der Waals surface area contributed by atoms with Gasteiger partial charge < -0.3 is 31.1 Å². The number of methoxy groups -OCH3 is 1. The summed E-state index contributed by atoms with van der Waals surface area (Å²) in [4.78, 5) is 37.8. The summed E-state index contributed by atoms with van der Waals surface area (Å²) >= 11 is 6.10. The van der Waals surface area contributed by atoms with Gasteiger partial charge in [0.25, 0.3) is 5.91 Å². The minimum atomic E-state index is -0.736. The molecule has 0 spiro atoms. The second-order valence-electron chi connectivity index (χ2n) is 10.4. The van der Waals surface area contributed by atoms with Gasteiger partial charge in [-0.05, 0) is 50.5 Å². The number of nitrogens with two attached hydrogens (primary N) is 1. The summed E-state index contributed by atoms with van der Waals surface area (Å²) < 4.78 is 5.30. The first kappa shape index (κ1) is 31.7. The molecule has 214 valence electrons. The van der Waals surface area contributed by atoms with Crippen molar-refractivity contribution < 1.29 is 24.2 Å². The van der Waals surface area contributed by atoms with Crippen LogP contribution < -0.4 is 21.1 Å². The van der Waals surface area contributed by atoms with E-state index in [0.29, 0.717) is 40.9 Å². The largest absolute Gasteiger partial charge is 0.496 e. The molecule has 1 heterocycles. The molecule has 9 nitrogen and oxygen atoms in total. The molecule has 2 amide bonds. The van der Waals surface area contributed by atoms with Crippen LogP contribution in [-0.4, -0.2) is 67.1 Å². The van der Waals surface area contributed by atoms with Gasteiger partial charge in [0.2, 0.25) is 5.91 Å². The highest BCUT2D eigenvalue weighted by atomic mass is 35.5. The number of carboxylic acid groups (broad SMARTS) is 1. The third-order valence-electron chi connectivity index (χ3n) is 7.05. The molecule has 1 aromatic carbocycles. The number of aliphatic carboxylic acids is 1. The lowest BCUT2D eigenvalue weighted by molar-refractivity contribution is -0.137. The second-order valence-corrected chi connectivity index (χ2v) is 10.8. The van der Waals surface area contributed by atoms with Crippen LogP contribution >= 0.6 is 11.6 Å². The predicted molar refractivity (Wildman–Crippen MR) is 151 cm³/mol. The Bertz CT molecular complexity index is 905. The van der Waals surface area contributed by atoms with Crippen LogP contribution in [0, 0.1) is 5.92 Å². The maximum absolute atomic E-state index is 12.8. The first-order chi connectivity index (χ1) is 18.2. The Balaban J connectivity index is 1.55. The van der Waals surface area contributed by atoms with E-state index in [4.69, 9.17) is 27.2 Å². The number of unbranched alkanes of at least 4 members (excludes halogenated alkanes) is 4. The molecule has 1 unspecified atom stereocenters.